The smallest absolute Gasteiger partial charge is 0.253 e. The normalized spacial score (nSPS) is 16.5. The number of hydrogen-bond donors (Lipinski definition) is 1. The summed E-state index contributed by atoms with van der Waals surface area (Å²) in [5, 5.41) is 3.04. The van der Waals surface area contributed by atoms with Crippen molar-refractivity contribution in [1.29, 1.82) is 0 Å². The van der Waals surface area contributed by atoms with E-state index in [4.69, 9.17) is 16.3 Å². The Morgan fingerprint density at radius 1 is 1.04 bits per heavy atom. The van der Waals surface area contributed by atoms with Crippen LogP contribution in [0.2, 0.25) is 5.02 Å². The molecule has 1 aliphatic rings. The third kappa shape index (κ3) is 4.08. The van der Waals surface area contributed by atoms with E-state index in [-0.39, 0.29) is 12.6 Å². The molecule has 9 heteroatoms. The van der Waals surface area contributed by atoms with E-state index in [1.54, 1.807) is 24.3 Å². The lowest BCUT2D eigenvalue weighted by atomic mass is 10.0. The molecule has 1 saturated heterocycles. The summed E-state index contributed by atoms with van der Waals surface area (Å²) in [4.78, 5) is 4.61. The topological polar surface area (TPSA) is 37.4 Å². The van der Waals surface area contributed by atoms with Crippen LogP contribution in [0, 0.1) is 23.5 Å². The fraction of sp³-hybridized carbons (Fsp3) is 0.353. The van der Waals surface area contributed by atoms with Gasteiger partial charge in [0.05, 0.1) is 19.3 Å². The van der Waals surface area contributed by atoms with Crippen molar-refractivity contribution in [3.8, 4) is 0 Å². The highest BCUT2D eigenvalue weighted by molar-refractivity contribution is 6.30. The summed E-state index contributed by atoms with van der Waals surface area (Å²) < 4.78 is 59.6. The molecule has 0 amide bonds. The molecule has 1 fully saturated rings. The van der Waals surface area contributed by atoms with E-state index < -0.39 is 29.2 Å². The van der Waals surface area contributed by atoms with E-state index in [1.807, 2.05) is 0 Å². The molecule has 0 radical (unpaired) electrons. The van der Waals surface area contributed by atoms with Crippen molar-refractivity contribution in [3.05, 3.63) is 58.4 Å². The van der Waals surface area contributed by atoms with Gasteiger partial charge in [0.2, 0.25) is 11.6 Å². The van der Waals surface area contributed by atoms with Gasteiger partial charge in [-0.15, -0.1) is 0 Å². The molecule has 0 bridgehead atoms. The van der Waals surface area contributed by atoms with Crippen LogP contribution in [0.15, 0.2) is 24.3 Å². The van der Waals surface area contributed by atoms with Crippen molar-refractivity contribution >= 4 is 17.3 Å². The standard InChI is InChI=1S/C17H16ClF4N3O/c18-11-3-1-10(2-4-11)12(25-5-7-26-8-6-25)9-23-15-13(19)16(21)24-17(22)14(15)20/h1-4,12H,5-9H2,(H,23,24). The molecule has 3 rings (SSSR count). The Morgan fingerprint density at radius 3 is 2.19 bits per heavy atom. The van der Waals surface area contributed by atoms with E-state index in [1.165, 1.54) is 0 Å². The Morgan fingerprint density at radius 2 is 1.62 bits per heavy atom. The molecule has 1 unspecified atom stereocenters. The van der Waals surface area contributed by atoms with Crippen molar-refractivity contribution in [1.82, 2.24) is 9.88 Å². The summed E-state index contributed by atoms with van der Waals surface area (Å²) in [5.41, 5.74) is -0.0261. The first-order valence-electron chi connectivity index (χ1n) is 7.98. The molecule has 1 atom stereocenters. The van der Waals surface area contributed by atoms with E-state index in [0.29, 0.717) is 31.3 Å². The number of anilines is 1. The second-order valence-electron chi connectivity index (χ2n) is 5.79. The van der Waals surface area contributed by atoms with Crippen LogP contribution in [0.25, 0.3) is 0 Å². The maximum Gasteiger partial charge on any atom is 0.253 e. The van der Waals surface area contributed by atoms with Gasteiger partial charge in [0.25, 0.3) is 11.9 Å². The van der Waals surface area contributed by atoms with Gasteiger partial charge in [-0.05, 0) is 17.7 Å². The van der Waals surface area contributed by atoms with Gasteiger partial charge in [0.1, 0.15) is 5.69 Å². The fourth-order valence-corrected chi connectivity index (χ4v) is 3.00. The summed E-state index contributed by atoms with van der Waals surface area (Å²) in [6, 6.07) is 6.71. The van der Waals surface area contributed by atoms with Gasteiger partial charge in [-0.25, -0.2) is 0 Å². The van der Waals surface area contributed by atoms with Crippen LogP contribution in [0.4, 0.5) is 23.2 Å². The number of hydrogen-bond acceptors (Lipinski definition) is 4. The lowest BCUT2D eigenvalue weighted by molar-refractivity contribution is 0.0187. The van der Waals surface area contributed by atoms with Crippen LogP contribution in [0.1, 0.15) is 11.6 Å². The first-order valence-corrected chi connectivity index (χ1v) is 8.36. The largest absolute Gasteiger partial charge is 0.379 e. The Labute approximate surface area is 152 Å². The number of pyridine rings is 1. The highest BCUT2D eigenvalue weighted by Gasteiger charge is 2.25. The van der Waals surface area contributed by atoms with Gasteiger partial charge in [-0.3, -0.25) is 4.90 Å². The van der Waals surface area contributed by atoms with Gasteiger partial charge in [-0.1, -0.05) is 23.7 Å². The van der Waals surface area contributed by atoms with Crippen molar-refractivity contribution in [2.24, 2.45) is 0 Å². The van der Waals surface area contributed by atoms with Gasteiger partial charge in [-0.2, -0.15) is 22.5 Å². The summed E-state index contributed by atoms with van der Waals surface area (Å²) in [6.07, 6.45) is 0. The van der Waals surface area contributed by atoms with Crippen LogP contribution >= 0.6 is 11.6 Å². The van der Waals surface area contributed by atoms with Crippen molar-refractivity contribution in [3.63, 3.8) is 0 Å². The van der Waals surface area contributed by atoms with Crippen LogP contribution in [-0.4, -0.2) is 42.7 Å². The lowest BCUT2D eigenvalue weighted by Crippen LogP contribution is -2.41. The van der Waals surface area contributed by atoms with E-state index in [0.717, 1.165) is 5.56 Å². The van der Waals surface area contributed by atoms with Crippen molar-refractivity contribution in [2.45, 2.75) is 6.04 Å². The summed E-state index contributed by atoms with van der Waals surface area (Å²) >= 11 is 5.91. The molecule has 4 nitrogen and oxygen atoms in total. The van der Waals surface area contributed by atoms with E-state index in [2.05, 4.69) is 15.2 Å². The molecule has 1 aromatic heterocycles. The number of halogens is 5. The maximum atomic E-state index is 13.8. The van der Waals surface area contributed by atoms with Crippen LogP contribution in [-0.2, 0) is 4.74 Å². The van der Waals surface area contributed by atoms with Gasteiger partial charge in [0.15, 0.2) is 0 Å². The molecular weight excluding hydrogens is 374 g/mol. The van der Waals surface area contributed by atoms with Gasteiger partial charge < -0.3 is 10.1 Å². The molecular formula is C17H16ClF4N3O. The Balaban J connectivity index is 1.85. The number of ether oxygens (including phenoxy) is 1. The number of benzene rings is 1. The summed E-state index contributed by atoms with van der Waals surface area (Å²) in [7, 11) is 0. The lowest BCUT2D eigenvalue weighted by Gasteiger charge is -2.35. The molecule has 26 heavy (non-hydrogen) atoms. The van der Waals surface area contributed by atoms with Crippen molar-refractivity contribution < 1.29 is 22.3 Å². The molecule has 140 valence electrons. The number of nitrogens with zero attached hydrogens (tertiary/aromatic N) is 2. The minimum absolute atomic E-state index is 0.0262. The van der Waals surface area contributed by atoms with Gasteiger partial charge >= 0.3 is 0 Å². The SMILES string of the molecule is Fc1nc(F)c(F)c(NCC(c2ccc(Cl)cc2)N2CCOCC2)c1F. The monoisotopic (exact) mass is 389 g/mol. The number of rotatable bonds is 5. The number of morpholine rings is 1. The zero-order valence-electron chi connectivity index (χ0n) is 13.6. The van der Waals surface area contributed by atoms with Crippen LogP contribution < -0.4 is 5.32 Å². The molecule has 2 aromatic rings. The minimum atomic E-state index is -1.69. The number of aromatic nitrogens is 1. The first kappa shape index (κ1) is 18.9. The molecule has 0 spiro atoms. The highest BCUT2D eigenvalue weighted by Crippen LogP contribution is 2.27. The molecule has 1 N–H and O–H groups in total. The molecule has 0 aliphatic carbocycles. The molecule has 0 saturated carbocycles. The summed E-state index contributed by atoms with van der Waals surface area (Å²) in [5.74, 6) is -6.50. The first-order chi connectivity index (χ1) is 12.5. The van der Waals surface area contributed by atoms with Crippen LogP contribution in [0.5, 0.6) is 0 Å². The van der Waals surface area contributed by atoms with Gasteiger partial charge in [0, 0.05) is 24.7 Å². The predicted molar refractivity (Wildman–Crippen MR) is 89.1 cm³/mol. The Kier molecular flexibility index (Phi) is 5.95. The van der Waals surface area contributed by atoms with E-state index >= 15 is 0 Å². The summed E-state index contributed by atoms with van der Waals surface area (Å²) in [6.45, 7) is 2.28. The van der Waals surface area contributed by atoms with Crippen molar-refractivity contribution in [2.75, 3.05) is 38.2 Å². The predicted octanol–water partition coefficient (Wildman–Crippen LogP) is 3.78. The zero-order valence-corrected chi connectivity index (χ0v) is 14.4. The quantitative estimate of drug-likeness (QED) is 0.624. The van der Waals surface area contributed by atoms with E-state index in [9.17, 15) is 17.6 Å². The zero-order chi connectivity index (χ0) is 18.7. The molecule has 2 heterocycles. The fourth-order valence-electron chi connectivity index (χ4n) is 2.87. The molecule has 1 aliphatic heterocycles. The Bertz CT molecular complexity index is 743. The van der Waals surface area contributed by atoms with Crippen LogP contribution in [0.3, 0.4) is 0 Å². The second-order valence-corrected chi connectivity index (χ2v) is 6.23. The molecule has 1 aromatic carbocycles. The third-order valence-corrected chi connectivity index (χ3v) is 4.46. The average Bonchev–Trinajstić information content (AvgIpc) is 2.65. The third-order valence-electron chi connectivity index (χ3n) is 4.21. The maximum absolute atomic E-state index is 13.8. The average molecular weight is 390 g/mol. The minimum Gasteiger partial charge on any atom is -0.379 e. The highest BCUT2D eigenvalue weighted by atomic mass is 35.5. The number of nitrogens with one attached hydrogen (secondary N) is 1. The second kappa shape index (κ2) is 8.20. The Hall–Kier alpha value is -1.90.